The van der Waals surface area contributed by atoms with Crippen LogP contribution >= 0.6 is 11.6 Å². The lowest BCUT2D eigenvalue weighted by Gasteiger charge is -2.43. The van der Waals surface area contributed by atoms with E-state index in [0.717, 1.165) is 37.2 Å². The van der Waals surface area contributed by atoms with Gasteiger partial charge in [-0.3, -0.25) is 14.5 Å². The molecule has 0 unspecified atom stereocenters. The van der Waals surface area contributed by atoms with Crippen molar-refractivity contribution in [2.75, 3.05) is 39.3 Å². The van der Waals surface area contributed by atoms with Crippen molar-refractivity contribution in [3.63, 3.8) is 0 Å². The molecule has 7 nitrogen and oxygen atoms in total. The third kappa shape index (κ3) is 6.24. The number of hydrogen-bond donors (Lipinski definition) is 0. The molecule has 3 heterocycles. The molecule has 0 bridgehead atoms. The third-order valence-electron chi connectivity index (χ3n) is 9.13. The highest BCUT2D eigenvalue weighted by molar-refractivity contribution is 6.30. The molecule has 6 rings (SSSR count). The Kier molecular flexibility index (Phi) is 8.63. The van der Waals surface area contributed by atoms with E-state index in [-0.39, 0.29) is 17.2 Å². The van der Waals surface area contributed by atoms with Gasteiger partial charge in [-0.05, 0) is 54.8 Å². The number of aromatic nitrogens is 2. The van der Waals surface area contributed by atoms with Gasteiger partial charge in [0, 0.05) is 56.6 Å². The molecule has 2 aliphatic rings. The van der Waals surface area contributed by atoms with Gasteiger partial charge < -0.3 is 14.4 Å². The zero-order chi connectivity index (χ0) is 29.8. The lowest BCUT2D eigenvalue weighted by Crippen LogP contribution is -2.50. The number of piperazine rings is 1. The predicted octanol–water partition coefficient (Wildman–Crippen LogP) is 5.47. The van der Waals surface area contributed by atoms with Crippen molar-refractivity contribution < 1.29 is 9.59 Å². The summed E-state index contributed by atoms with van der Waals surface area (Å²) in [5, 5.41) is 0.682. The number of carbonyl (C=O) groups is 2. The van der Waals surface area contributed by atoms with Gasteiger partial charge in [-0.15, -0.1) is 0 Å². The van der Waals surface area contributed by atoms with E-state index >= 15 is 0 Å². The molecule has 2 fully saturated rings. The van der Waals surface area contributed by atoms with Crippen molar-refractivity contribution in [1.82, 2.24) is 24.3 Å². The largest absolute Gasteiger partial charge is 0.339 e. The SMILES string of the molecule is CC(=O)N1CCN(C(=O)c2c(CN3CCC(c4ccccc4)(c4ccccc4)CC3)ncn2Cc2ccc(Cl)cc2)CC1. The maximum absolute atomic E-state index is 14.1. The van der Waals surface area contributed by atoms with Crippen LogP contribution in [0, 0.1) is 0 Å². The molecule has 0 atom stereocenters. The van der Waals surface area contributed by atoms with E-state index in [2.05, 4.69) is 65.6 Å². The number of nitrogens with zero attached hydrogens (tertiary/aromatic N) is 5. The Balaban J connectivity index is 1.24. The molecule has 4 aromatic rings. The van der Waals surface area contributed by atoms with Crippen molar-refractivity contribution in [2.45, 2.75) is 38.3 Å². The zero-order valence-corrected chi connectivity index (χ0v) is 25.4. The summed E-state index contributed by atoms with van der Waals surface area (Å²) in [6.07, 6.45) is 3.77. The van der Waals surface area contributed by atoms with Crippen LogP contribution in [0.1, 0.15) is 52.6 Å². The van der Waals surface area contributed by atoms with Gasteiger partial charge in [-0.2, -0.15) is 0 Å². The molecule has 0 saturated carbocycles. The van der Waals surface area contributed by atoms with Crippen LogP contribution in [-0.4, -0.2) is 75.3 Å². The maximum atomic E-state index is 14.1. The minimum atomic E-state index is -0.0397. The average molecular weight is 596 g/mol. The van der Waals surface area contributed by atoms with Crippen LogP contribution in [0.15, 0.2) is 91.3 Å². The molecule has 0 N–H and O–H groups in total. The van der Waals surface area contributed by atoms with E-state index in [4.69, 9.17) is 16.6 Å². The second kappa shape index (κ2) is 12.7. The monoisotopic (exact) mass is 595 g/mol. The first-order valence-corrected chi connectivity index (χ1v) is 15.5. The number of rotatable bonds is 7. The van der Waals surface area contributed by atoms with Gasteiger partial charge >= 0.3 is 0 Å². The number of piperidine rings is 1. The molecule has 0 spiro atoms. The average Bonchev–Trinajstić information content (AvgIpc) is 3.44. The van der Waals surface area contributed by atoms with E-state index < -0.39 is 0 Å². The molecule has 2 amide bonds. The van der Waals surface area contributed by atoms with Crippen molar-refractivity contribution in [3.8, 4) is 0 Å². The minimum Gasteiger partial charge on any atom is -0.339 e. The Morgan fingerprint density at radius 1 is 0.744 bits per heavy atom. The van der Waals surface area contributed by atoms with Crippen LogP contribution in [0.4, 0.5) is 0 Å². The van der Waals surface area contributed by atoms with Gasteiger partial charge in [0.25, 0.3) is 5.91 Å². The summed E-state index contributed by atoms with van der Waals surface area (Å²) in [6, 6.07) is 29.4. The van der Waals surface area contributed by atoms with E-state index in [9.17, 15) is 9.59 Å². The maximum Gasteiger partial charge on any atom is 0.272 e. The van der Waals surface area contributed by atoms with Gasteiger partial charge in [0.15, 0.2) is 0 Å². The molecule has 3 aromatic carbocycles. The highest BCUT2D eigenvalue weighted by atomic mass is 35.5. The number of likely N-dealkylation sites (tertiary alicyclic amines) is 1. The fourth-order valence-corrected chi connectivity index (χ4v) is 6.76. The second-order valence-electron chi connectivity index (χ2n) is 11.7. The molecule has 0 radical (unpaired) electrons. The smallest absolute Gasteiger partial charge is 0.272 e. The normalized spacial score (nSPS) is 17.2. The van der Waals surface area contributed by atoms with Crippen LogP contribution in [0.5, 0.6) is 0 Å². The summed E-state index contributed by atoms with van der Waals surface area (Å²) in [5.74, 6) is 0.0253. The summed E-state index contributed by atoms with van der Waals surface area (Å²) < 4.78 is 1.97. The summed E-state index contributed by atoms with van der Waals surface area (Å²) in [5.41, 5.74) is 5.16. The first-order chi connectivity index (χ1) is 20.9. The Morgan fingerprint density at radius 3 is 1.86 bits per heavy atom. The Morgan fingerprint density at radius 2 is 1.30 bits per heavy atom. The minimum absolute atomic E-state index is 0.0235. The molecule has 222 valence electrons. The lowest BCUT2D eigenvalue weighted by atomic mass is 9.68. The summed E-state index contributed by atoms with van der Waals surface area (Å²) in [4.78, 5) is 36.9. The molecular formula is C35H38ClN5O2. The number of hydrogen-bond acceptors (Lipinski definition) is 4. The quantitative estimate of drug-likeness (QED) is 0.284. The molecule has 2 aliphatic heterocycles. The van der Waals surface area contributed by atoms with E-state index in [0.29, 0.717) is 50.0 Å². The van der Waals surface area contributed by atoms with Crippen LogP contribution in [-0.2, 0) is 23.3 Å². The summed E-state index contributed by atoms with van der Waals surface area (Å²) >= 11 is 6.13. The number of carbonyl (C=O) groups excluding carboxylic acids is 2. The first kappa shape index (κ1) is 29.1. The standard InChI is InChI=1S/C35H38ClN5O2/c1-27(42)39-20-22-40(23-21-39)34(43)33-32(37-26-41(33)24-28-12-14-31(36)15-13-28)25-38-18-16-35(17-19-38,29-8-4-2-5-9-29)30-10-6-3-7-11-30/h2-15,26H,16-25H2,1H3. The van der Waals surface area contributed by atoms with Crippen molar-refractivity contribution >= 4 is 23.4 Å². The molecule has 8 heteroatoms. The lowest BCUT2D eigenvalue weighted by molar-refractivity contribution is -0.130. The van der Waals surface area contributed by atoms with E-state index in [1.807, 2.05) is 33.7 Å². The highest BCUT2D eigenvalue weighted by Gasteiger charge is 2.38. The van der Waals surface area contributed by atoms with Crippen molar-refractivity contribution in [1.29, 1.82) is 0 Å². The molecule has 1 aromatic heterocycles. The van der Waals surface area contributed by atoms with Gasteiger partial charge in [-0.25, -0.2) is 4.98 Å². The van der Waals surface area contributed by atoms with Crippen molar-refractivity contribution in [2.24, 2.45) is 0 Å². The first-order valence-electron chi connectivity index (χ1n) is 15.1. The summed E-state index contributed by atoms with van der Waals surface area (Å²) in [7, 11) is 0. The van der Waals surface area contributed by atoms with Crippen molar-refractivity contribution in [3.05, 3.63) is 124 Å². The van der Waals surface area contributed by atoms with Crippen LogP contribution in [0.2, 0.25) is 5.02 Å². The topological polar surface area (TPSA) is 61.7 Å². The Hall–Kier alpha value is -3.94. The summed E-state index contributed by atoms with van der Waals surface area (Å²) in [6.45, 7) is 6.67. The van der Waals surface area contributed by atoms with Crippen LogP contribution in [0.25, 0.3) is 0 Å². The van der Waals surface area contributed by atoms with E-state index in [1.165, 1.54) is 11.1 Å². The molecule has 2 saturated heterocycles. The number of amides is 2. The fourth-order valence-electron chi connectivity index (χ4n) is 6.63. The number of imidazole rings is 1. The van der Waals surface area contributed by atoms with E-state index in [1.54, 1.807) is 18.2 Å². The Labute approximate surface area is 258 Å². The number of benzene rings is 3. The van der Waals surface area contributed by atoms with Gasteiger partial charge in [0.1, 0.15) is 5.69 Å². The fraction of sp³-hybridized carbons (Fsp3) is 0.343. The van der Waals surface area contributed by atoms with Crippen LogP contribution in [0.3, 0.4) is 0 Å². The zero-order valence-electron chi connectivity index (χ0n) is 24.7. The van der Waals surface area contributed by atoms with Gasteiger partial charge in [0.2, 0.25) is 5.91 Å². The predicted molar refractivity (Wildman–Crippen MR) is 169 cm³/mol. The van der Waals surface area contributed by atoms with Gasteiger partial charge in [-0.1, -0.05) is 84.4 Å². The number of halogens is 1. The van der Waals surface area contributed by atoms with Gasteiger partial charge in [0.05, 0.1) is 12.0 Å². The third-order valence-corrected chi connectivity index (χ3v) is 9.38. The molecule has 0 aliphatic carbocycles. The highest BCUT2D eigenvalue weighted by Crippen LogP contribution is 2.42. The molecular weight excluding hydrogens is 558 g/mol. The Bertz CT molecular complexity index is 1500. The molecule has 43 heavy (non-hydrogen) atoms. The second-order valence-corrected chi connectivity index (χ2v) is 12.1. The van der Waals surface area contributed by atoms with Crippen LogP contribution < -0.4 is 0 Å².